The highest BCUT2D eigenvalue weighted by molar-refractivity contribution is 6.30. The van der Waals surface area contributed by atoms with E-state index in [1.807, 2.05) is 12.1 Å². The molecule has 4 aromatic rings. The number of aromatic nitrogens is 5. The van der Waals surface area contributed by atoms with Gasteiger partial charge in [-0.3, -0.25) is 4.79 Å². The molecule has 2 aromatic carbocycles. The molecule has 38 heavy (non-hydrogen) atoms. The number of aliphatic hydroxyl groups is 1. The summed E-state index contributed by atoms with van der Waals surface area (Å²) < 4.78 is 1.50. The van der Waals surface area contributed by atoms with Crippen molar-refractivity contribution in [3.05, 3.63) is 106 Å². The van der Waals surface area contributed by atoms with Gasteiger partial charge in [-0.25, -0.2) is 14.0 Å². The molecule has 0 saturated carbocycles. The van der Waals surface area contributed by atoms with Crippen molar-refractivity contribution in [2.45, 2.75) is 31.0 Å². The van der Waals surface area contributed by atoms with Crippen molar-refractivity contribution in [1.29, 1.82) is 0 Å². The largest absolute Gasteiger partial charge is 0.619 e. The molecule has 0 aliphatic carbocycles. The summed E-state index contributed by atoms with van der Waals surface area (Å²) >= 11 is 6.27. The number of tetrazole rings is 1. The maximum Gasteiger partial charge on any atom is 0.356 e. The fraction of sp³-hybridized carbons (Fsp3) is 0.231. The van der Waals surface area contributed by atoms with Gasteiger partial charge >= 0.3 is 5.91 Å². The van der Waals surface area contributed by atoms with Gasteiger partial charge < -0.3 is 16.0 Å². The van der Waals surface area contributed by atoms with Gasteiger partial charge in [0.05, 0.1) is 17.8 Å². The van der Waals surface area contributed by atoms with Gasteiger partial charge in [-0.2, -0.15) is 4.73 Å². The highest BCUT2D eigenvalue weighted by Crippen LogP contribution is 2.41. The summed E-state index contributed by atoms with van der Waals surface area (Å²) in [5, 5.41) is 36.3. The Morgan fingerprint density at radius 3 is 2.68 bits per heavy atom. The number of likely N-dealkylation sites (tertiary alicyclic amines) is 1. The van der Waals surface area contributed by atoms with Crippen LogP contribution in [0.25, 0.3) is 5.69 Å². The second-order valence-corrected chi connectivity index (χ2v) is 9.77. The smallest absolute Gasteiger partial charge is 0.356 e. The van der Waals surface area contributed by atoms with Crippen molar-refractivity contribution in [2.75, 3.05) is 6.54 Å². The Kier molecular flexibility index (Phi) is 6.66. The maximum atomic E-state index is 14.8. The first-order valence-corrected chi connectivity index (χ1v) is 12.3. The summed E-state index contributed by atoms with van der Waals surface area (Å²) in [6.07, 6.45) is 4.70. The first-order chi connectivity index (χ1) is 18.3. The summed E-state index contributed by atoms with van der Waals surface area (Å²) in [6, 6.07) is 15.5. The zero-order valence-corrected chi connectivity index (χ0v) is 21.0. The number of benzene rings is 2. The lowest BCUT2D eigenvalue weighted by Gasteiger charge is -2.41. The molecule has 1 aliphatic rings. The second kappa shape index (κ2) is 9.93. The summed E-state index contributed by atoms with van der Waals surface area (Å²) in [5.74, 6) is -1.35. The van der Waals surface area contributed by atoms with Gasteiger partial charge in [-0.05, 0) is 34.7 Å². The summed E-state index contributed by atoms with van der Waals surface area (Å²) in [7, 11) is 0. The van der Waals surface area contributed by atoms with Gasteiger partial charge in [0.15, 0.2) is 18.4 Å². The first kappa shape index (κ1) is 25.5. The predicted molar refractivity (Wildman–Crippen MR) is 135 cm³/mol. The molecule has 1 fully saturated rings. The van der Waals surface area contributed by atoms with E-state index in [0.29, 0.717) is 33.8 Å². The van der Waals surface area contributed by atoms with E-state index < -0.39 is 27.9 Å². The number of nitrogens with two attached hydrogens (primary N) is 1. The zero-order valence-electron chi connectivity index (χ0n) is 20.2. The minimum absolute atomic E-state index is 0.0234. The summed E-state index contributed by atoms with van der Waals surface area (Å²) in [6.45, 7) is 0.263. The molecule has 5 rings (SSSR count). The molecular formula is C26H25ClN7O4+. The second-order valence-electron chi connectivity index (χ2n) is 9.34. The Bertz CT molecular complexity index is 1450. The third kappa shape index (κ3) is 4.30. The average Bonchev–Trinajstić information content (AvgIpc) is 3.59. The van der Waals surface area contributed by atoms with Gasteiger partial charge in [-0.15, -0.1) is 5.10 Å². The van der Waals surface area contributed by atoms with Crippen LogP contribution >= 0.6 is 11.6 Å². The van der Waals surface area contributed by atoms with Crippen molar-refractivity contribution in [3.63, 3.8) is 0 Å². The number of rotatable bonds is 7. The number of quaternary nitrogens is 1. The van der Waals surface area contributed by atoms with Crippen LogP contribution in [0.3, 0.4) is 0 Å². The standard InChI is InChI=1S/C26H24ClN7O4/c27-21-9-3-7-19(14-21)26(37,20-8-4-12-32(38)15-20)25(36)34(13-5-11-23(34)24(28)35)16-18-6-1-2-10-22(18)33-17-29-30-31-33/h1-4,6-10,12,14-15,17,23,37H,5,11,13,16H2,(H-,28,35)/p+1/t23-,26?,34?/m0/s1. The fourth-order valence-corrected chi connectivity index (χ4v) is 5.61. The number of halogens is 1. The Morgan fingerprint density at radius 1 is 1.18 bits per heavy atom. The lowest BCUT2D eigenvalue weighted by atomic mass is 9.84. The predicted octanol–water partition coefficient (Wildman–Crippen LogP) is 1.38. The number of para-hydroxylation sites is 1. The minimum Gasteiger partial charge on any atom is -0.619 e. The van der Waals surface area contributed by atoms with Crippen molar-refractivity contribution in [3.8, 4) is 5.69 Å². The Labute approximate surface area is 222 Å². The number of hydrogen-bond acceptors (Lipinski definition) is 7. The number of nitrogens with zero attached hydrogens (tertiary/aromatic N) is 6. The molecular weight excluding hydrogens is 510 g/mol. The van der Waals surface area contributed by atoms with E-state index in [1.165, 1.54) is 35.4 Å². The van der Waals surface area contributed by atoms with Gasteiger partial charge in [0, 0.05) is 35.1 Å². The molecule has 3 heterocycles. The van der Waals surface area contributed by atoms with Gasteiger partial charge in [-0.1, -0.05) is 41.9 Å². The molecule has 11 nitrogen and oxygen atoms in total. The summed E-state index contributed by atoms with van der Waals surface area (Å²) in [4.78, 5) is 27.6. The van der Waals surface area contributed by atoms with Crippen LogP contribution in [0.1, 0.15) is 29.5 Å². The van der Waals surface area contributed by atoms with Gasteiger partial charge in [0.25, 0.3) is 5.91 Å². The molecule has 1 aliphatic heterocycles. The normalized spacial score (nSPS) is 20.6. The van der Waals surface area contributed by atoms with Crippen LogP contribution in [0.4, 0.5) is 0 Å². The van der Waals surface area contributed by atoms with Crippen LogP contribution in [-0.4, -0.2) is 54.2 Å². The first-order valence-electron chi connectivity index (χ1n) is 12.0. The number of pyridine rings is 1. The Morgan fingerprint density at radius 2 is 1.97 bits per heavy atom. The molecule has 3 N–H and O–H groups in total. The van der Waals surface area contributed by atoms with E-state index in [-0.39, 0.29) is 24.2 Å². The Balaban J connectivity index is 1.72. The maximum absolute atomic E-state index is 14.8. The highest BCUT2D eigenvalue weighted by atomic mass is 35.5. The van der Waals surface area contributed by atoms with E-state index in [0.717, 1.165) is 6.20 Å². The lowest BCUT2D eigenvalue weighted by molar-refractivity contribution is -0.873. The molecule has 2 aromatic heterocycles. The molecule has 2 amide bonds. The molecule has 3 atom stereocenters. The van der Waals surface area contributed by atoms with Gasteiger partial charge in [0.1, 0.15) is 12.9 Å². The number of amides is 2. The summed E-state index contributed by atoms with van der Waals surface area (Å²) in [5.41, 5.74) is 5.04. The molecule has 194 valence electrons. The van der Waals surface area contributed by atoms with Crippen LogP contribution in [0.5, 0.6) is 0 Å². The van der Waals surface area contributed by atoms with E-state index in [9.17, 15) is 19.9 Å². The molecule has 1 saturated heterocycles. The van der Waals surface area contributed by atoms with Crippen LogP contribution in [0, 0.1) is 5.21 Å². The fourth-order valence-electron chi connectivity index (χ4n) is 5.42. The number of hydrogen-bond donors (Lipinski definition) is 2. The van der Waals surface area contributed by atoms with Crippen molar-refractivity contribution in [1.82, 2.24) is 20.2 Å². The van der Waals surface area contributed by atoms with Crippen LogP contribution in [-0.2, 0) is 21.7 Å². The number of carbonyl (C=O) groups is 2. The van der Waals surface area contributed by atoms with Crippen LogP contribution in [0.15, 0.2) is 79.4 Å². The lowest BCUT2D eigenvalue weighted by Crippen LogP contribution is -2.65. The monoisotopic (exact) mass is 534 g/mol. The number of carbonyl (C=O) groups excluding carboxylic acids is 2. The van der Waals surface area contributed by atoms with E-state index in [1.54, 1.807) is 30.3 Å². The molecule has 0 bridgehead atoms. The minimum atomic E-state index is -2.32. The molecule has 0 radical (unpaired) electrons. The third-order valence-electron chi connectivity index (χ3n) is 7.15. The third-order valence-corrected chi connectivity index (χ3v) is 7.38. The van der Waals surface area contributed by atoms with E-state index in [4.69, 9.17) is 17.3 Å². The molecule has 0 spiro atoms. The van der Waals surface area contributed by atoms with Crippen LogP contribution in [0.2, 0.25) is 5.02 Å². The van der Waals surface area contributed by atoms with E-state index >= 15 is 0 Å². The van der Waals surface area contributed by atoms with Crippen molar-refractivity contribution >= 4 is 23.4 Å². The van der Waals surface area contributed by atoms with Crippen molar-refractivity contribution < 1.29 is 23.9 Å². The van der Waals surface area contributed by atoms with E-state index in [2.05, 4.69) is 15.5 Å². The van der Waals surface area contributed by atoms with Gasteiger partial charge in [0.2, 0.25) is 5.60 Å². The quantitative estimate of drug-likeness (QED) is 0.206. The average molecular weight is 535 g/mol. The topological polar surface area (TPSA) is 151 Å². The highest BCUT2D eigenvalue weighted by Gasteiger charge is 2.60. The number of primary amides is 1. The SMILES string of the molecule is NC(=O)[C@@H]1CCC[N+]1(Cc1ccccc1-n1cnnn1)C(=O)C(O)(c1cccc(Cl)c1)c1ccc[n+]([O-])c1. The molecule has 2 unspecified atom stereocenters. The van der Waals surface area contributed by atoms with Crippen molar-refractivity contribution in [2.24, 2.45) is 5.73 Å². The molecule has 12 heteroatoms. The Hall–Kier alpha value is -4.19. The van der Waals surface area contributed by atoms with Crippen LogP contribution < -0.4 is 10.5 Å². The zero-order chi connectivity index (χ0) is 26.9.